The van der Waals surface area contributed by atoms with Crippen molar-refractivity contribution in [1.29, 1.82) is 0 Å². The van der Waals surface area contributed by atoms with E-state index in [-0.39, 0.29) is 31.9 Å². The second-order valence-corrected chi connectivity index (χ2v) is 19.5. The number of aryl methyl sites for hydroxylation is 1. The fourth-order valence-electron chi connectivity index (χ4n) is 9.78. The zero-order chi connectivity index (χ0) is 46.6. The Kier molecular flexibility index (Phi) is 12.0. The van der Waals surface area contributed by atoms with Crippen LogP contribution in [-0.2, 0) is 38.3 Å². The quantitative estimate of drug-likeness (QED) is 0.101. The van der Waals surface area contributed by atoms with Gasteiger partial charge in [-0.05, 0) is 98.0 Å². The Hall–Kier alpha value is -7.33. The summed E-state index contributed by atoms with van der Waals surface area (Å²) in [4.78, 5) is 5.00. The van der Waals surface area contributed by atoms with Crippen molar-refractivity contribution < 1.29 is 30.4 Å². The number of hydrogen-bond donors (Lipinski definition) is 0. The number of ether oxygens (including phenoxy) is 1. The molecule has 0 fully saturated rings. The van der Waals surface area contributed by atoms with Gasteiger partial charge in [0.2, 0.25) is 0 Å². The zero-order valence-corrected chi connectivity index (χ0v) is 42.0. The summed E-state index contributed by atoms with van der Waals surface area (Å²) < 4.78 is 13.3. The number of rotatable bonds is 10. The molecule has 0 radical (unpaired) electrons. The van der Waals surface area contributed by atoms with Crippen molar-refractivity contribution in [2.45, 2.75) is 58.8 Å². The summed E-state index contributed by atoms with van der Waals surface area (Å²) in [5, 5.41) is 2.25. The molecule has 0 saturated heterocycles. The van der Waals surface area contributed by atoms with Gasteiger partial charge < -0.3 is 13.9 Å². The molecule has 342 valence electrons. The third kappa shape index (κ3) is 8.62. The van der Waals surface area contributed by atoms with Crippen LogP contribution in [0.3, 0.4) is 0 Å². The third-order valence-electron chi connectivity index (χ3n) is 13.3. The van der Waals surface area contributed by atoms with Crippen molar-refractivity contribution >= 4 is 32.8 Å². The predicted molar refractivity (Wildman–Crippen MR) is 277 cm³/mol. The first kappa shape index (κ1) is 45.5. The predicted octanol–water partition coefficient (Wildman–Crippen LogP) is 15.0. The molecule has 11 aromatic rings. The monoisotopic (exact) mass is 1080 g/mol. The van der Waals surface area contributed by atoms with Gasteiger partial charge in [0.1, 0.15) is 5.82 Å². The Morgan fingerprint density at radius 2 is 1.23 bits per heavy atom. The van der Waals surface area contributed by atoms with Crippen molar-refractivity contribution in [3.63, 3.8) is 0 Å². The van der Waals surface area contributed by atoms with E-state index in [4.69, 9.17) is 9.72 Å². The minimum atomic E-state index is -0.0674. The van der Waals surface area contributed by atoms with Crippen LogP contribution in [0.2, 0.25) is 0 Å². The maximum atomic E-state index is 6.75. The molecular weight excluding hydrogens is 1020 g/mol. The molecule has 11 rings (SSSR count). The first-order chi connectivity index (χ1) is 33.0. The molecule has 0 aliphatic carbocycles. The molecule has 0 aliphatic rings. The number of benzene rings is 8. The zero-order valence-electron chi connectivity index (χ0n) is 39.7. The largest absolute Gasteiger partial charge is 0.510 e. The van der Waals surface area contributed by atoms with Crippen LogP contribution in [0.5, 0.6) is 11.5 Å². The number of aromatic nitrogens is 4. The minimum absolute atomic E-state index is 0. The topological polar surface area (TPSA) is 35.9 Å². The number of hydrogen-bond acceptors (Lipinski definition) is 2. The van der Waals surface area contributed by atoms with Gasteiger partial charge in [-0.15, -0.1) is 29.7 Å². The second kappa shape index (κ2) is 18.3. The molecule has 0 N–H and O–H groups in total. The van der Waals surface area contributed by atoms with Crippen LogP contribution in [-0.4, -0.2) is 14.1 Å². The maximum absolute atomic E-state index is 6.75. The van der Waals surface area contributed by atoms with Crippen LogP contribution in [0, 0.1) is 25.4 Å². The Morgan fingerprint density at radius 3 is 1.93 bits per heavy atom. The van der Waals surface area contributed by atoms with E-state index in [0.717, 1.165) is 84.3 Å². The van der Waals surface area contributed by atoms with Gasteiger partial charge >= 0.3 is 0 Å². The van der Waals surface area contributed by atoms with Gasteiger partial charge in [-0.3, -0.25) is 4.57 Å². The molecule has 0 spiro atoms. The Morgan fingerprint density at radius 1 is 0.580 bits per heavy atom. The molecule has 5 nitrogen and oxygen atoms in total. The van der Waals surface area contributed by atoms with Crippen molar-refractivity contribution in [2.75, 3.05) is 0 Å². The second-order valence-electron chi connectivity index (χ2n) is 19.5. The molecule has 0 saturated carbocycles. The van der Waals surface area contributed by atoms with Crippen LogP contribution in [0.25, 0.3) is 72.3 Å². The van der Waals surface area contributed by atoms with Gasteiger partial charge in [0, 0.05) is 44.3 Å². The summed E-state index contributed by atoms with van der Waals surface area (Å²) in [6, 6.07) is 73.7. The fourth-order valence-corrected chi connectivity index (χ4v) is 9.78. The van der Waals surface area contributed by atoms with E-state index in [1.807, 2.05) is 24.4 Å². The average molecular weight is 1080 g/mol. The Labute approximate surface area is 419 Å². The van der Waals surface area contributed by atoms with Gasteiger partial charge in [-0.25, -0.2) is 4.98 Å². The maximum Gasteiger partial charge on any atom is 0.268 e. The van der Waals surface area contributed by atoms with E-state index in [0.29, 0.717) is 11.5 Å². The van der Waals surface area contributed by atoms with Crippen molar-refractivity contribution in [1.82, 2.24) is 14.1 Å². The summed E-state index contributed by atoms with van der Waals surface area (Å²) in [6.45, 7) is 13.6. The summed E-state index contributed by atoms with van der Waals surface area (Å²) in [5.41, 5.74) is 15.3. The number of nitrogens with zero attached hydrogens (tertiary/aromatic N) is 4. The van der Waals surface area contributed by atoms with E-state index in [2.05, 4.69) is 244 Å². The van der Waals surface area contributed by atoms with E-state index in [1.165, 1.54) is 16.7 Å². The molecule has 3 heterocycles. The van der Waals surface area contributed by atoms with Crippen LogP contribution in [0.1, 0.15) is 56.9 Å². The third-order valence-corrected chi connectivity index (χ3v) is 13.3. The summed E-state index contributed by atoms with van der Waals surface area (Å²) in [5.74, 6) is 2.01. The van der Waals surface area contributed by atoms with Crippen LogP contribution in [0.15, 0.2) is 194 Å². The van der Waals surface area contributed by atoms with E-state index >= 15 is 0 Å². The summed E-state index contributed by atoms with van der Waals surface area (Å²) in [7, 11) is 0. The smallest absolute Gasteiger partial charge is 0.268 e. The SMILES string of the molecule is Cc1cccc2c1[n+](-c1c(-c3ccccc3)cccc1-c1ccccc1)[c-]n2-c1[c-]c(Oc2[c-]c3c(cc2)c2cc(C(C)(C)C)ccc2n3-c2cc(CC(C)(C)c3ccccc3)ccn2)ccc1.[Pt]. The molecule has 0 amide bonds. The molecule has 69 heavy (non-hydrogen) atoms. The van der Waals surface area contributed by atoms with Gasteiger partial charge in [0.25, 0.3) is 6.33 Å². The normalized spacial score (nSPS) is 11.9. The van der Waals surface area contributed by atoms with Gasteiger partial charge in [-0.2, -0.15) is 18.2 Å². The number of pyridine rings is 1. The van der Waals surface area contributed by atoms with Crippen LogP contribution < -0.4 is 9.30 Å². The van der Waals surface area contributed by atoms with Gasteiger partial charge in [0.15, 0.2) is 0 Å². The summed E-state index contributed by atoms with van der Waals surface area (Å²) in [6.07, 6.45) is 6.61. The van der Waals surface area contributed by atoms with Crippen molar-refractivity contribution in [2.24, 2.45) is 0 Å². The molecule has 6 heteroatoms. The Balaban J connectivity index is 0.00000553. The molecule has 0 unspecified atom stereocenters. The number of fused-ring (bicyclic) bond motifs is 4. The molecule has 0 bridgehead atoms. The van der Waals surface area contributed by atoms with Crippen LogP contribution >= 0.6 is 0 Å². The fraction of sp³-hybridized carbons (Fsp3) is 0.143. The minimum Gasteiger partial charge on any atom is -0.510 e. The van der Waals surface area contributed by atoms with E-state index < -0.39 is 0 Å². The first-order valence-electron chi connectivity index (χ1n) is 23.4. The van der Waals surface area contributed by atoms with Gasteiger partial charge in [-0.1, -0.05) is 180 Å². The molecular formula is C63H52N4OPt-2. The van der Waals surface area contributed by atoms with E-state index in [1.54, 1.807) is 0 Å². The summed E-state index contributed by atoms with van der Waals surface area (Å²) >= 11 is 0. The Bertz CT molecular complexity index is 3580. The first-order valence-corrected chi connectivity index (χ1v) is 23.4. The van der Waals surface area contributed by atoms with Crippen molar-refractivity contribution in [3.05, 3.63) is 235 Å². The standard InChI is InChI=1S/C63H52N4O.Pt/c1-43-19-16-30-57-60(43)66(61-52(45-20-10-7-11-21-45)28-18-29-53(61)46-22-12-8-13-23-46)42-65(57)49-26-17-27-50(39-49)68-51-32-33-54-55-38-48(62(2,3)4)31-34-56(55)67(58(54)40-51)59-37-44(35-36-64-59)41-63(5,6)47-24-14-9-15-25-47;/h7-38H,41H2,1-6H3;/q-2;. The molecule has 0 atom stereocenters. The molecule has 8 aromatic carbocycles. The molecule has 0 aliphatic heterocycles. The number of imidazole rings is 1. The van der Waals surface area contributed by atoms with Crippen LogP contribution in [0.4, 0.5) is 0 Å². The molecule has 3 aromatic heterocycles. The average Bonchev–Trinajstić information content (AvgIpc) is 3.91. The van der Waals surface area contributed by atoms with Gasteiger partial charge in [0.05, 0.1) is 16.7 Å². The number of para-hydroxylation sites is 2. The van der Waals surface area contributed by atoms with E-state index in [9.17, 15) is 0 Å². The van der Waals surface area contributed by atoms with Crippen molar-refractivity contribution in [3.8, 4) is 50.9 Å².